The van der Waals surface area contributed by atoms with Gasteiger partial charge >= 0.3 is 11.9 Å². The predicted molar refractivity (Wildman–Crippen MR) is 139 cm³/mol. The fraction of sp³-hybridized carbons (Fsp3) is 0.222. The summed E-state index contributed by atoms with van der Waals surface area (Å²) >= 11 is 0. The maximum absolute atomic E-state index is 13.5. The molecule has 0 aliphatic carbocycles. The molecule has 0 saturated heterocycles. The number of hydrogen-bond acceptors (Lipinski definition) is 8. The van der Waals surface area contributed by atoms with E-state index in [4.69, 9.17) is 14.2 Å². The largest absolute Gasteiger partial charge is 0.494 e. The predicted octanol–water partition coefficient (Wildman–Crippen LogP) is 3.49. The monoisotopic (exact) mass is 540 g/mol. The van der Waals surface area contributed by atoms with E-state index in [1.165, 1.54) is 44.6 Å². The van der Waals surface area contributed by atoms with Crippen LogP contribution in [0.5, 0.6) is 5.75 Å². The van der Waals surface area contributed by atoms with Gasteiger partial charge in [0.25, 0.3) is 0 Å². The zero-order chi connectivity index (χ0) is 27.7. The molecule has 0 radical (unpaired) electrons. The van der Waals surface area contributed by atoms with Gasteiger partial charge in [-0.15, -0.1) is 0 Å². The molecular weight excluding hydrogens is 512 g/mol. The van der Waals surface area contributed by atoms with Gasteiger partial charge < -0.3 is 19.5 Å². The van der Waals surface area contributed by atoms with Crippen molar-refractivity contribution in [1.82, 2.24) is 4.31 Å². The minimum Gasteiger partial charge on any atom is -0.494 e. The van der Waals surface area contributed by atoms with Gasteiger partial charge in [0.05, 0.1) is 43.4 Å². The number of carbonyl (C=O) groups is 3. The van der Waals surface area contributed by atoms with E-state index in [-0.39, 0.29) is 28.3 Å². The number of sulfonamides is 1. The molecule has 0 saturated carbocycles. The Morgan fingerprint density at radius 3 is 1.95 bits per heavy atom. The van der Waals surface area contributed by atoms with Crippen molar-refractivity contribution >= 4 is 33.6 Å². The summed E-state index contributed by atoms with van der Waals surface area (Å²) in [5.41, 5.74) is 0.787. The van der Waals surface area contributed by atoms with E-state index in [2.05, 4.69) is 5.32 Å². The van der Waals surface area contributed by atoms with Crippen LogP contribution < -0.4 is 10.1 Å². The topological polar surface area (TPSA) is 128 Å². The summed E-state index contributed by atoms with van der Waals surface area (Å²) in [4.78, 5) is 37.2. The fourth-order valence-corrected chi connectivity index (χ4v) is 4.95. The number of carbonyl (C=O) groups excluding carboxylic acids is 3. The molecule has 3 aromatic rings. The van der Waals surface area contributed by atoms with Gasteiger partial charge in [0.2, 0.25) is 15.9 Å². The molecule has 10 nitrogen and oxygen atoms in total. The van der Waals surface area contributed by atoms with Crippen LogP contribution in [0.25, 0.3) is 0 Å². The zero-order valence-electron chi connectivity index (χ0n) is 21.2. The van der Waals surface area contributed by atoms with Crippen LogP contribution >= 0.6 is 0 Å². The second-order valence-corrected chi connectivity index (χ2v) is 9.93. The van der Waals surface area contributed by atoms with Crippen LogP contribution in [0, 0.1) is 0 Å². The summed E-state index contributed by atoms with van der Waals surface area (Å²) in [5.74, 6) is -1.62. The number of amides is 1. The summed E-state index contributed by atoms with van der Waals surface area (Å²) in [7, 11) is -1.74. The van der Waals surface area contributed by atoms with Crippen LogP contribution in [0.1, 0.15) is 33.2 Å². The van der Waals surface area contributed by atoms with Crippen LogP contribution in [0.3, 0.4) is 0 Å². The number of methoxy groups -OCH3 is 2. The van der Waals surface area contributed by atoms with E-state index in [1.54, 1.807) is 42.5 Å². The number of nitrogens with one attached hydrogen (secondary N) is 1. The Labute approximate surface area is 221 Å². The molecule has 0 aromatic heterocycles. The van der Waals surface area contributed by atoms with E-state index < -0.39 is 34.4 Å². The molecule has 0 fully saturated rings. The van der Waals surface area contributed by atoms with E-state index >= 15 is 0 Å². The van der Waals surface area contributed by atoms with Gasteiger partial charge in [-0.05, 0) is 55.0 Å². The lowest BCUT2D eigenvalue weighted by Crippen LogP contribution is -2.37. The number of esters is 2. The van der Waals surface area contributed by atoms with Crippen molar-refractivity contribution in [3.63, 3.8) is 0 Å². The van der Waals surface area contributed by atoms with Crippen LogP contribution in [-0.4, -0.2) is 57.9 Å². The Kier molecular flexibility index (Phi) is 9.58. The molecule has 0 heterocycles. The Balaban J connectivity index is 1.91. The third kappa shape index (κ3) is 7.17. The second kappa shape index (κ2) is 12.8. The molecule has 1 amide bonds. The van der Waals surface area contributed by atoms with Gasteiger partial charge in [0.1, 0.15) is 5.75 Å². The second-order valence-electron chi connectivity index (χ2n) is 7.99. The Hall–Kier alpha value is -4.22. The molecule has 3 aromatic carbocycles. The molecule has 0 bridgehead atoms. The minimum atomic E-state index is -4.10. The van der Waals surface area contributed by atoms with Gasteiger partial charge in [0.15, 0.2) is 0 Å². The quantitative estimate of drug-likeness (QED) is 0.366. The van der Waals surface area contributed by atoms with Crippen LogP contribution in [0.4, 0.5) is 5.69 Å². The first kappa shape index (κ1) is 28.4. The number of benzene rings is 3. The van der Waals surface area contributed by atoms with Crippen molar-refractivity contribution in [2.75, 3.05) is 32.7 Å². The highest BCUT2D eigenvalue weighted by atomic mass is 32.2. The lowest BCUT2D eigenvalue weighted by molar-refractivity contribution is -0.116. The highest BCUT2D eigenvalue weighted by molar-refractivity contribution is 7.89. The standard InChI is InChI=1S/C27H28N2O8S/c1-4-37-23-10-12-24(13-11-23)38(33,34)29(17-19-8-6-5-7-9-19)18-25(30)28-22-15-20(26(31)35-2)14-21(16-22)27(32)36-3/h5-16H,4,17-18H2,1-3H3,(H,28,30). The van der Waals surface area contributed by atoms with Crippen molar-refractivity contribution in [2.45, 2.75) is 18.4 Å². The van der Waals surface area contributed by atoms with Crippen LogP contribution in [0.2, 0.25) is 0 Å². The molecule has 0 aliphatic rings. The Morgan fingerprint density at radius 2 is 1.42 bits per heavy atom. The van der Waals surface area contributed by atoms with E-state index in [1.807, 2.05) is 6.92 Å². The Morgan fingerprint density at radius 1 is 0.842 bits per heavy atom. The smallest absolute Gasteiger partial charge is 0.337 e. The van der Waals surface area contributed by atoms with Gasteiger partial charge in [-0.3, -0.25) is 4.79 Å². The van der Waals surface area contributed by atoms with Gasteiger partial charge in [-0.2, -0.15) is 4.31 Å². The summed E-state index contributed by atoms with van der Waals surface area (Å²) < 4.78 is 42.9. The van der Waals surface area contributed by atoms with Crippen molar-refractivity contribution in [3.8, 4) is 5.75 Å². The first-order valence-corrected chi connectivity index (χ1v) is 13.0. The maximum Gasteiger partial charge on any atom is 0.337 e. The van der Waals surface area contributed by atoms with Crippen molar-refractivity contribution in [3.05, 3.63) is 89.5 Å². The third-order valence-corrected chi connectivity index (χ3v) is 7.16. The number of anilines is 1. The maximum atomic E-state index is 13.5. The molecule has 0 unspecified atom stereocenters. The summed E-state index contributed by atoms with van der Waals surface area (Å²) in [6, 6.07) is 18.7. The average molecular weight is 541 g/mol. The van der Waals surface area contributed by atoms with Gasteiger partial charge in [0, 0.05) is 12.2 Å². The molecule has 1 N–H and O–H groups in total. The fourth-order valence-electron chi connectivity index (χ4n) is 3.57. The number of ether oxygens (including phenoxy) is 3. The molecule has 11 heteroatoms. The SMILES string of the molecule is CCOc1ccc(S(=O)(=O)N(CC(=O)Nc2cc(C(=O)OC)cc(C(=O)OC)c2)Cc2ccccc2)cc1. The normalized spacial score (nSPS) is 11.1. The molecule has 0 spiro atoms. The van der Waals surface area contributed by atoms with Crippen molar-refractivity contribution in [2.24, 2.45) is 0 Å². The number of hydrogen-bond donors (Lipinski definition) is 1. The first-order valence-electron chi connectivity index (χ1n) is 11.6. The summed E-state index contributed by atoms with van der Waals surface area (Å²) in [6.45, 7) is 1.64. The van der Waals surface area contributed by atoms with E-state index in [0.717, 1.165) is 4.31 Å². The first-order chi connectivity index (χ1) is 18.2. The molecular formula is C27H28N2O8S. The summed E-state index contributed by atoms with van der Waals surface area (Å²) in [6.07, 6.45) is 0. The summed E-state index contributed by atoms with van der Waals surface area (Å²) in [5, 5.41) is 2.57. The number of nitrogens with zero attached hydrogens (tertiary/aromatic N) is 1. The molecule has 200 valence electrons. The highest BCUT2D eigenvalue weighted by Crippen LogP contribution is 2.22. The minimum absolute atomic E-state index is 0.00820. The van der Waals surface area contributed by atoms with Crippen molar-refractivity contribution in [1.29, 1.82) is 0 Å². The van der Waals surface area contributed by atoms with E-state index in [0.29, 0.717) is 17.9 Å². The third-order valence-electron chi connectivity index (χ3n) is 5.35. The highest BCUT2D eigenvalue weighted by Gasteiger charge is 2.27. The lowest BCUT2D eigenvalue weighted by atomic mass is 10.1. The zero-order valence-corrected chi connectivity index (χ0v) is 22.0. The average Bonchev–Trinajstić information content (AvgIpc) is 2.92. The molecule has 0 aliphatic heterocycles. The van der Waals surface area contributed by atoms with Crippen molar-refractivity contribution < 1.29 is 37.0 Å². The number of rotatable bonds is 11. The van der Waals surface area contributed by atoms with E-state index in [9.17, 15) is 22.8 Å². The van der Waals surface area contributed by atoms with Gasteiger partial charge in [-0.25, -0.2) is 18.0 Å². The molecule has 3 rings (SSSR count). The molecule has 38 heavy (non-hydrogen) atoms. The van der Waals surface area contributed by atoms with Crippen LogP contribution in [0.15, 0.2) is 77.7 Å². The molecule has 0 atom stereocenters. The van der Waals surface area contributed by atoms with Gasteiger partial charge in [-0.1, -0.05) is 30.3 Å². The lowest BCUT2D eigenvalue weighted by Gasteiger charge is -2.22. The van der Waals surface area contributed by atoms with Crippen LogP contribution in [-0.2, 0) is 30.8 Å². The Bertz CT molecular complexity index is 1360.